The quantitative estimate of drug-likeness (QED) is 0.522. The number of benzene rings is 2. The van der Waals surface area contributed by atoms with E-state index in [9.17, 15) is 9.90 Å². The summed E-state index contributed by atoms with van der Waals surface area (Å²) in [5.41, 5.74) is 1.04. The predicted octanol–water partition coefficient (Wildman–Crippen LogP) is 4.08. The molecule has 108 valence electrons. The number of carbonyl (C=O) groups excluding carboxylic acids is 1. The average Bonchev–Trinajstić information content (AvgIpc) is 2.48. The van der Waals surface area contributed by atoms with Crippen LogP contribution in [-0.4, -0.2) is 17.0 Å². The van der Waals surface area contributed by atoms with Crippen LogP contribution in [0.2, 0.25) is 0 Å². The molecular weight excluding hydrogens is 266 g/mol. The van der Waals surface area contributed by atoms with Gasteiger partial charge in [-0.1, -0.05) is 31.2 Å². The van der Waals surface area contributed by atoms with Crippen molar-refractivity contribution in [1.29, 1.82) is 0 Å². The van der Waals surface area contributed by atoms with Gasteiger partial charge in [-0.25, -0.2) is 9.79 Å². The number of hydrogen-bond donors (Lipinski definition) is 1. The fourth-order valence-corrected chi connectivity index (χ4v) is 1.79. The largest absolute Gasteiger partial charge is 0.508 e. The molecular formula is C17H17NO3. The summed E-state index contributed by atoms with van der Waals surface area (Å²) >= 11 is 0. The number of aromatic hydroxyl groups is 1. The normalized spacial score (nSPS) is 11.2. The van der Waals surface area contributed by atoms with E-state index in [4.69, 9.17) is 4.74 Å². The van der Waals surface area contributed by atoms with Crippen LogP contribution in [0.4, 0.5) is 5.69 Å². The number of nitrogens with zero attached hydrogens (tertiary/aromatic N) is 1. The molecule has 2 rings (SSSR count). The van der Waals surface area contributed by atoms with Crippen LogP contribution in [0.5, 0.6) is 5.75 Å². The van der Waals surface area contributed by atoms with E-state index >= 15 is 0 Å². The summed E-state index contributed by atoms with van der Waals surface area (Å²) in [6, 6.07) is 15.4. The van der Waals surface area contributed by atoms with E-state index in [0.29, 0.717) is 17.9 Å². The Kier molecular flexibility index (Phi) is 5.10. The fourth-order valence-electron chi connectivity index (χ4n) is 1.79. The minimum atomic E-state index is -0.519. The Labute approximate surface area is 123 Å². The van der Waals surface area contributed by atoms with Crippen LogP contribution in [-0.2, 0) is 4.74 Å². The van der Waals surface area contributed by atoms with Crippen LogP contribution >= 0.6 is 0 Å². The van der Waals surface area contributed by atoms with Crippen molar-refractivity contribution >= 4 is 17.6 Å². The molecule has 0 aliphatic rings. The number of rotatable bonds is 4. The Bertz CT molecular complexity index is 635. The molecule has 0 aromatic heterocycles. The summed E-state index contributed by atoms with van der Waals surface area (Å²) in [6.07, 6.45) is 1.39. The van der Waals surface area contributed by atoms with E-state index in [0.717, 1.165) is 12.1 Å². The smallest absolute Gasteiger partial charge is 0.344 e. The van der Waals surface area contributed by atoms with Crippen LogP contribution < -0.4 is 0 Å². The molecule has 0 aliphatic heterocycles. The second kappa shape index (κ2) is 7.24. The summed E-state index contributed by atoms with van der Waals surface area (Å²) in [4.78, 5) is 16.4. The van der Waals surface area contributed by atoms with Crippen LogP contribution in [0.15, 0.2) is 59.6 Å². The molecule has 1 N–H and O–H groups in total. The Morgan fingerprint density at radius 3 is 2.57 bits per heavy atom. The van der Waals surface area contributed by atoms with E-state index in [1.807, 2.05) is 37.3 Å². The lowest BCUT2D eigenvalue weighted by molar-refractivity contribution is 0.0711. The van der Waals surface area contributed by atoms with E-state index in [2.05, 4.69) is 4.99 Å². The molecule has 0 bridgehead atoms. The lowest BCUT2D eigenvalue weighted by atomic mass is 10.2. The van der Waals surface area contributed by atoms with Crippen molar-refractivity contribution in [2.24, 2.45) is 4.99 Å². The van der Waals surface area contributed by atoms with Crippen molar-refractivity contribution in [3.63, 3.8) is 0 Å². The second-order valence-corrected chi connectivity index (χ2v) is 4.53. The number of phenols is 1. The molecule has 0 aliphatic carbocycles. The minimum absolute atomic E-state index is 0.0292. The monoisotopic (exact) mass is 283 g/mol. The van der Waals surface area contributed by atoms with Crippen molar-refractivity contribution in [2.75, 3.05) is 0 Å². The highest BCUT2D eigenvalue weighted by Crippen LogP contribution is 2.15. The second-order valence-electron chi connectivity index (χ2n) is 4.53. The zero-order valence-electron chi connectivity index (χ0n) is 11.8. The molecule has 4 heteroatoms. The Balaban J connectivity index is 2.16. The van der Waals surface area contributed by atoms with Gasteiger partial charge in [0.15, 0.2) is 5.90 Å². The van der Waals surface area contributed by atoms with Crippen LogP contribution in [0.25, 0.3) is 0 Å². The molecule has 0 fully saturated rings. The van der Waals surface area contributed by atoms with Gasteiger partial charge < -0.3 is 9.84 Å². The molecule has 2 aromatic carbocycles. The topological polar surface area (TPSA) is 58.9 Å². The van der Waals surface area contributed by atoms with Crippen LogP contribution in [0.1, 0.15) is 30.1 Å². The lowest BCUT2D eigenvalue weighted by Crippen LogP contribution is -2.12. The molecule has 0 amide bonds. The molecule has 0 heterocycles. The number of ether oxygens (including phenoxy) is 1. The van der Waals surface area contributed by atoms with E-state index in [-0.39, 0.29) is 5.75 Å². The van der Waals surface area contributed by atoms with Crippen molar-refractivity contribution in [2.45, 2.75) is 19.8 Å². The predicted molar refractivity (Wildman–Crippen MR) is 82.0 cm³/mol. The number of carbonyl (C=O) groups is 1. The van der Waals surface area contributed by atoms with Crippen LogP contribution in [0, 0.1) is 0 Å². The maximum atomic E-state index is 12.1. The van der Waals surface area contributed by atoms with Gasteiger partial charge in [-0.05, 0) is 36.8 Å². The molecule has 0 atom stereocenters. The zero-order chi connectivity index (χ0) is 15.1. The number of para-hydroxylation sites is 1. The number of phenolic OH excluding ortho intramolecular Hbond substituents is 1. The molecule has 0 saturated heterocycles. The first-order valence-corrected chi connectivity index (χ1v) is 6.83. The zero-order valence-corrected chi connectivity index (χ0v) is 11.8. The van der Waals surface area contributed by atoms with Gasteiger partial charge in [0.05, 0.1) is 11.3 Å². The summed E-state index contributed by atoms with van der Waals surface area (Å²) in [6.45, 7) is 1.99. The highest BCUT2D eigenvalue weighted by Gasteiger charge is 2.11. The molecule has 0 radical (unpaired) electrons. The first-order chi connectivity index (χ1) is 10.2. The molecule has 4 nitrogen and oxygen atoms in total. The third kappa shape index (κ3) is 4.45. The third-order valence-electron chi connectivity index (χ3n) is 2.77. The SMILES string of the molecule is CCCC(=Nc1ccccc1)OC(=O)c1cccc(O)c1. The van der Waals surface area contributed by atoms with Gasteiger partial charge >= 0.3 is 5.97 Å². The maximum absolute atomic E-state index is 12.1. The van der Waals surface area contributed by atoms with Crippen molar-refractivity contribution in [3.8, 4) is 5.75 Å². The van der Waals surface area contributed by atoms with E-state index < -0.39 is 5.97 Å². The number of hydrogen-bond acceptors (Lipinski definition) is 4. The standard InChI is InChI=1S/C17H17NO3/c1-2-7-16(18-14-9-4-3-5-10-14)21-17(20)13-8-6-11-15(19)12-13/h3-6,8-12,19H,2,7H2,1H3. The van der Waals surface area contributed by atoms with Gasteiger partial charge in [-0.15, -0.1) is 0 Å². The Hall–Kier alpha value is -2.62. The molecule has 0 saturated carbocycles. The summed E-state index contributed by atoms with van der Waals surface area (Å²) in [5, 5.41) is 9.40. The maximum Gasteiger partial charge on any atom is 0.344 e. The lowest BCUT2D eigenvalue weighted by Gasteiger charge is -2.07. The van der Waals surface area contributed by atoms with E-state index in [1.54, 1.807) is 12.1 Å². The van der Waals surface area contributed by atoms with Crippen LogP contribution in [0.3, 0.4) is 0 Å². The first kappa shape index (κ1) is 14.8. The van der Waals surface area contributed by atoms with Gasteiger partial charge in [-0.3, -0.25) is 0 Å². The van der Waals surface area contributed by atoms with Gasteiger partial charge in [0, 0.05) is 6.42 Å². The molecule has 21 heavy (non-hydrogen) atoms. The highest BCUT2D eigenvalue weighted by molar-refractivity contribution is 5.99. The summed E-state index contributed by atoms with van der Waals surface area (Å²) in [7, 11) is 0. The first-order valence-electron chi connectivity index (χ1n) is 6.83. The third-order valence-corrected chi connectivity index (χ3v) is 2.77. The minimum Gasteiger partial charge on any atom is -0.508 e. The summed E-state index contributed by atoms with van der Waals surface area (Å²) in [5.74, 6) is -0.118. The average molecular weight is 283 g/mol. The Morgan fingerprint density at radius 1 is 1.14 bits per heavy atom. The molecule has 2 aromatic rings. The molecule has 0 unspecified atom stereocenters. The van der Waals surface area contributed by atoms with Crippen molar-refractivity contribution in [1.82, 2.24) is 0 Å². The fraction of sp³-hybridized carbons (Fsp3) is 0.176. The van der Waals surface area contributed by atoms with Gasteiger partial charge in [-0.2, -0.15) is 0 Å². The number of esters is 1. The molecule has 0 spiro atoms. The van der Waals surface area contributed by atoms with Gasteiger partial charge in [0.2, 0.25) is 0 Å². The summed E-state index contributed by atoms with van der Waals surface area (Å²) < 4.78 is 5.34. The van der Waals surface area contributed by atoms with Gasteiger partial charge in [0.1, 0.15) is 5.75 Å². The van der Waals surface area contributed by atoms with Crippen molar-refractivity contribution in [3.05, 3.63) is 60.2 Å². The van der Waals surface area contributed by atoms with E-state index in [1.165, 1.54) is 12.1 Å². The van der Waals surface area contributed by atoms with Gasteiger partial charge in [0.25, 0.3) is 0 Å². The van der Waals surface area contributed by atoms with Crippen molar-refractivity contribution < 1.29 is 14.6 Å². The highest BCUT2D eigenvalue weighted by atomic mass is 16.5. The Morgan fingerprint density at radius 2 is 1.90 bits per heavy atom. The number of aliphatic imine (C=N–C) groups is 1.